The molecule has 3 N–H and O–H groups in total. The Hall–Kier alpha value is -2.22. The van der Waals surface area contributed by atoms with Crippen LogP contribution in [0.4, 0.5) is 0 Å². The van der Waals surface area contributed by atoms with Crippen molar-refractivity contribution < 1.29 is 9.90 Å². The summed E-state index contributed by atoms with van der Waals surface area (Å²) in [5, 5.41) is 12.5. The predicted octanol–water partition coefficient (Wildman–Crippen LogP) is 3.88. The van der Waals surface area contributed by atoms with Crippen LogP contribution in [0.3, 0.4) is 0 Å². The number of benzene rings is 1. The molecule has 0 radical (unpaired) electrons. The molecule has 0 aliphatic rings. The summed E-state index contributed by atoms with van der Waals surface area (Å²) in [6.07, 6.45) is 8.41. The zero-order chi connectivity index (χ0) is 23.0. The van der Waals surface area contributed by atoms with Gasteiger partial charge < -0.3 is 20.3 Å². The molecule has 7 nitrogen and oxygen atoms in total. The molecule has 0 fully saturated rings. The molecule has 0 aliphatic carbocycles. The van der Waals surface area contributed by atoms with Gasteiger partial charge in [0.05, 0.1) is 13.0 Å². The van der Waals surface area contributed by atoms with Crippen molar-refractivity contribution in [3.8, 4) is 0 Å². The van der Waals surface area contributed by atoms with Gasteiger partial charge in [-0.05, 0) is 63.0 Å². The molecule has 1 aromatic carbocycles. The van der Waals surface area contributed by atoms with Crippen LogP contribution in [0, 0.1) is 0 Å². The highest BCUT2D eigenvalue weighted by atomic mass is 16.4. The Bertz CT molecular complexity index is 727. The molecule has 178 valence electrons. The first-order chi connectivity index (χ1) is 15.6. The van der Waals surface area contributed by atoms with E-state index >= 15 is 0 Å². The maximum Gasteiger partial charge on any atom is 0.304 e. The number of aromatic nitrogens is 2. The van der Waals surface area contributed by atoms with Crippen molar-refractivity contribution in [2.24, 2.45) is 0 Å². The van der Waals surface area contributed by atoms with E-state index in [1.807, 2.05) is 6.20 Å². The van der Waals surface area contributed by atoms with Gasteiger partial charge in [-0.3, -0.25) is 9.69 Å². The first-order valence-electron chi connectivity index (χ1n) is 12.0. The van der Waals surface area contributed by atoms with Crippen LogP contribution in [0.2, 0.25) is 0 Å². The van der Waals surface area contributed by atoms with Crippen molar-refractivity contribution in [1.29, 1.82) is 0 Å². The molecule has 2 aromatic rings. The standard InChI is InChI=1S/C25H41N5O2/c1-3-14-29(15-4-2)16-5-6-17-30(18-11-25(31)32)21-23-9-7-22(8-10-23)19-26-20-24-27-12-13-28-24/h7-10,12-13,26H,3-6,11,14-21H2,1-2H3,(H,27,28)(H,31,32). The normalized spacial score (nSPS) is 11.5. The third-order valence-electron chi connectivity index (χ3n) is 5.53. The average Bonchev–Trinajstić information content (AvgIpc) is 3.29. The Morgan fingerprint density at radius 3 is 2.19 bits per heavy atom. The number of aromatic amines is 1. The van der Waals surface area contributed by atoms with Gasteiger partial charge in [-0.25, -0.2) is 4.98 Å². The highest BCUT2D eigenvalue weighted by Gasteiger charge is 2.10. The summed E-state index contributed by atoms with van der Waals surface area (Å²) in [5.74, 6) is 0.202. The molecule has 32 heavy (non-hydrogen) atoms. The van der Waals surface area contributed by atoms with E-state index < -0.39 is 5.97 Å². The summed E-state index contributed by atoms with van der Waals surface area (Å²) >= 11 is 0. The zero-order valence-corrected chi connectivity index (χ0v) is 19.9. The van der Waals surface area contributed by atoms with Crippen LogP contribution in [-0.2, 0) is 24.4 Å². The second kappa shape index (κ2) is 15.6. The number of carbonyl (C=O) groups is 1. The topological polar surface area (TPSA) is 84.5 Å². The van der Waals surface area contributed by atoms with Crippen LogP contribution in [0.15, 0.2) is 36.7 Å². The van der Waals surface area contributed by atoms with Gasteiger partial charge in [0.1, 0.15) is 5.82 Å². The van der Waals surface area contributed by atoms with Crippen LogP contribution >= 0.6 is 0 Å². The lowest BCUT2D eigenvalue weighted by molar-refractivity contribution is -0.137. The lowest BCUT2D eigenvalue weighted by atomic mass is 10.1. The highest BCUT2D eigenvalue weighted by Crippen LogP contribution is 2.10. The van der Waals surface area contributed by atoms with E-state index in [-0.39, 0.29) is 6.42 Å². The minimum Gasteiger partial charge on any atom is -0.481 e. The molecule has 0 unspecified atom stereocenters. The molecule has 0 bridgehead atoms. The van der Waals surface area contributed by atoms with Gasteiger partial charge in [0, 0.05) is 32.0 Å². The highest BCUT2D eigenvalue weighted by molar-refractivity contribution is 5.66. The first-order valence-corrected chi connectivity index (χ1v) is 12.0. The summed E-state index contributed by atoms with van der Waals surface area (Å²) in [6.45, 7) is 11.8. The van der Waals surface area contributed by atoms with Gasteiger partial charge in [-0.1, -0.05) is 38.1 Å². The number of H-pyrrole nitrogens is 1. The maximum absolute atomic E-state index is 11.1. The van der Waals surface area contributed by atoms with Crippen molar-refractivity contribution in [1.82, 2.24) is 25.1 Å². The molecule has 0 amide bonds. The fourth-order valence-corrected chi connectivity index (χ4v) is 3.90. The maximum atomic E-state index is 11.1. The molecule has 7 heteroatoms. The van der Waals surface area contributed by atoms with Crippen LogP contribution in [0.5, 0.6) is 0 Å². The van der Waals surface area contributed by atoms with E-state index in [0.717, 1.165) is 44.8 Å². The average molecular weight is 444 g/mol. The Morgan fingerprint density at radius 1 is 0.938 bits per heavy atom. The van der Waals surface area contributed by atoms with E-state index in [1.165, 1.54) is 37.1 Å². The smallest absolute Gasteiger partial charge is 0.304 e. The number of aliphatic carboxylic acids is 1. The molecule has 1 aromatic heterocycles. The van der Waals surface area contributed by atoms with Crippen molar-refractivity contribution >= 4 is 5.97 Å². The van der Waals surface area contributed by atoms with Gasteiger partial charge in [0.15, 0.2) is 0 Å². The third-order valence-corrected chi connectivity index (χ3v) is 5.53. The summed E-state index contributed by atoms with van der Waals surface area (Å²) in [4.78, 5) is 23.2. The molecule has 1 heterocycles. The lowest BCUT2D eigenvalue weighted by Crippen LogP contribution is -2.29. The van der Waals surface area contributed by atoms with E-state index in [0.29, 0.717) is 13.1 Å². The second-order valence-electron chi connectivity index (χ2n) is 8.42. The molecule has 0 aliphatic heterocycles. The van der Waals surface area contributed by atoms with Crippen molar-refractivity contribution in [2.75, 3.05) is 32.7 Å². The predicted molar refractivity (Wildman–Crippen MR) is 129 cm³/mol. The molecule has 0 saturated heterocycles. The van der Waals surface area contributed by atoms with E-state index in [9.17, 15) is 4.79 Å². The molecule has 2 rings (SSSR count). The Labute approximate surface area is 193 Å². The quantitative estimate of drug-likeness (QED) is 0.303. The number of hydrogen-bond donors (Lipinski definition) is 3. The first kappa shape index (κ1) is 26.0. The summed E-state index contributed by atoms with van der Waals surface area (Å²) in [7, 11) is 0. The van der Waals surface area contributed by atoms with Gasteiger partial charge in [0.2, 0.25) is 0 Å². The fraction of sp³-hybridized carbons (Fsp3) is 0.600. The number of hydrogen-bond acceptors (Lipinski definition) is 5. The molecule has 0 saturated carbocycles. The third kappa shape index (κ3) is 10.9. The number of carboxylic acids is 1. The molecular formula is C25H41N5O2. The lowest BCUT2D eigenvalue weighted by Gasteiger charge is -2.24. The summed E-state index contributed by atoms with van der Waals surface area (Å²) in [5.41, 5.74) is 2.45. The van der Waals surface area contributed by atoms with Crippen LogP contribution in [0.25, 0.3) is 0 Å². The van der Waals surface area contributed by atoms with Crippen LogP contribution in [-0.4, -0.2) is 63.6 Å². The van der Waals surface area contributed by atoms with Crippen LogP contribution in [0.1, 0.15) is 62.9 Å². The number of unbranched alkanes of at least 4 members (excludes halogenated alkanes) is 1. The number of imidazole rings is 1. The zero-order valence-electron chi connectivity index (χ0n) is 19.9. The van der Waals surface area contributed by atoms with Gasteiger partial charge in [-0.2, -0.15) is 0 Å². The largest absolute Gasteiger partial charge is 0.481 e. The fourth-order valence-electron chi connectivity index (χ4n) is 3.90. The van der Waals surface area contributed by atoms with E-state index in [2.05, 4.69) is 63.2 Å². The molecule has 0 spiro atoms. The summed E-state index contributed by atoms with van der Waals surface area (Å²) in [6, 6.07) is 8.60. The Balaban J connectivity index is 1.78. The summed E-state index contributed by atoms with van der Waals surface area (Å²) < 4.78 is 0. The van der Waals surface area contributed by atoms with Crippen molar-refractivity contribution in [3.05, 3.63) is 53.6 Å². The number of nitrogens with zero attached hydrogens (tertiary/aromatic N) is 3. The van der Waals surface area contributed by atoms with Gasteiger partial charge in [0.25, 0.3) is 0 Å². The van der Waals surface area contributed by atoms with E-state index in [4.69, 9.17) is 5.11 Å². The van der Waals surface area contributed by atoms with E-state index in [1.54, 1.807) is 6.20 Å². The second-order valence-corrected chi connectivity index (χ2v) is 8.42. The molecular weight excluding hydrogens is 402 g/mol. The van der Waals surface area contributed by atoms with Gasteiger partial charge in [-0.15, -0.1) is 0 Å². The van der Waals surface area contributed by atoms with Crippen LogP contribution < -0.4 is 5.32 Å². The van der Waals surface area contributed by atoms with Gasteiger partial charge >= 0.3 is 5.97 Å². The molecule has 0 atom stereocenters. The SMILES string of the molecule is CCCN(CCC)CCCCN(CCC(=O)O)Cc1ccc(CNCc2ncc[nH]2)cc1. The number of nitrogens with one attached hydrogen (secondary N) is 2. The number of carboxylic acid groups (broad SMARTS) is 1. The Morgan fingerprint density at radius 2 is 1.59 bits per heavy atom. The minimum absolute atomic E-state index is 0.187. The van der Waals surface area contributed by atoms with Crippen molar-refractivity contribution in [3.63, 3.8) is 0 Å². The number of rotatable bonds is 18. The Kier molecular flexibility index (Phi) is 12.7. The minimum atomic E-state index is -0.731. The monoisotopic (exact) mass is 443 g/mol. The van der Waals surface area contributed by atoms with Crippen molar-refractivity contribution in [2.45, 2.75) is 65.6 Å².